The molecule has 36 heavy (non-hydrogen) atoms. The molecular formula is C26H40N6O4. The van der Waals surface area contributed by atoms with E-state index in [1.165, 1.54) is 6.92 Å². The fourth-order valence-corrected chi connectivity index (χ4v) is 2.85. The number of aromatic nitrogens is 2. The number of hydrogen-bond donors (Lipinski definition) is 4. The molecule has 0 unspecified atom stereocenters. The zero-order valence-corrected chi connectivity index (χ0v) is 22.4. The lowest BCUT2D eigenvalue weighted by molar-refractivity contribution is -0.133. The molecule has 10 nitrogen and oxygen atoms in total. The summed E-state index contributed by atoms with van der Waals surface area (Å²) in [7, 11) is 0. The molecule has 4 N–H and O–H groups in total. The topological polar surface area (TPSA) is 142 Å². The van der Waals surface area contributed by atoms with Gasteiger partial charge in [0.05, 0.1) is 5.56 Å². The van der Waals surface area contributed by atoms with E-state index in [4.69, 9.17) is 0 Å². The van der Waals surface area contributed by atoms with Crippen LogP contribution in [0.1, 0.15) is 85.0 Å². The Morgan fingerprint density at radius 1 is 0.806 bits per heavy atom. The highest BCUT2D eigenvalue weighted by molar-refractivity contribution is 5.93. The van der Waals surface area contributed by atoms with Crippen LogP contribution in [0.5, 0.6) is 0 Å². The molecule has 0 aromatic carbocycles. The highest BCUT2D eigenvalue weighted by Crippen LogP contribution is 2.07. The van der Waals surface area contributed by atoms with Crippen LogP contribution in [0.25, 0.3) is 0 Å². The van der Waals surface area contributed by atoms with Crippen molar-refractivity contribution in [3.05, 3.63) is 23.8 Å². The van der Waals surface area contributed by atoms with Crippen LogP contribution in [0.4, 0.5) is 0 Å². The summed E-state index contributed by atoms with van der Waals surface area (Å²) < 4.78 is 0. The van der Waals surface area contributed by atoms with Crippen LogP contribution >= 0.6 is 0 Å². The quantitative estimate of drug-likeness (QED) is 0.252. The van der Waals surface area contributed by atoms with Crippen LogP contribution in [0.2, 0.25) is 0 Å². The van der Waals surface area contributed by atoms with Crippen LogP contribution in [-0.4, -0.2) is 58.3 Å². The number of carbonyl (C=O) groups excluding carboxylic acids is 4. The van der Waals surface area contributed by atoms with Crippen LogP contribution < -0.4 is 21.3 Å². The summed E-state index contributed by atoms with van der Waals surface area (Å²) in [6.45, 7) is 13.1. The van der Waals surface area contributed by atoms with Crippen molar-refractivity contribution in [1.82, 2.24) is 31.2 Å². The molecule has 3 atom stereocenters. The molecule has 0 saturated heterocycles. The Morgan fingerprint density at radius 2 is 1.33 bits per heavy atom. The normalized spacial score (nSPS) is 13.1. The summed E-state index contributed by atoms with van der Waals surface area (Å²) in [5.74, 6) is 5.73. The van der Waals surface area contributed by atoms with E-state index in [0.29, 0.717) is 25.3 Å². The van der Waals surface area contributed by atoms with Crippen molar-refractivity contribution in [3.63, 3.8) is 0 Å². The van der Waals surface area contributed by atoms with Gasteiger partial charge in [-0.15, -0.1) is 0 Å². The number of carbonyl (C=O) groups is 4. The third-order valence-corrected chi connectivity index (χ3v) is 5.09. The SMILES string of the molecule is CC(C)CNC(=O)[C@H](C)NC(=O)[C@H](C)NC(=O)[C@H](C)NC(=O)CCCC#Cc1cnc(C(C)C)nc1. The Labute approximate surface area is 214 Å². The monoisotopic (exact) mass is 500 g/mol. The van der Waals surface area contributed by atoms with Gasteiger partial charge in [0, 0.05) is 37.7 Å². The van der Waals surface area contributed by atoms with Crippen molar-refractivity contribution < 1.29 is 19.2 Å². The summed E-state index contributed by atoms with van der Waals surface area (Å²) in [6.07, 6.45) is 4.64. The molecule has 1 aromatic rings. The first-order chi connectivity index (χ1) is 16.9. The summed E-state index contributed by atoms with van der Waals surface area (Å²) in [4.78, 5) is 57.4. The maximum Gasteiger partial charge on any atom is 0.242 e. The molecule has 0 bridgehead atoms. The predicted octanol–water partition coefficient (Wildman–Crippen LogP) is 1.41. The maximum absolute atomic E-state index is 12.4. The first kappa shape index (κ1) is 30.6. The van der Waals surface area contributed by atoms with E-state index in [2.05, 4.69) is 43.1 Å². The van der Waals surface area contributed by atoms with Gasteiger partial charge in [-0.1, -0.05) is 39.5 Å². The Balaban J connectivity index is 2.36. The summed E-state index contributed by atoms with van der Waals surface area (Å²) in [5.41, 5.74) is 0.720. The van der Waals surface area contributed by atoms with Crippen molar-refractivity contribution in [1.29, 1.82) is 0 Å². The third-order valence-electron chi connectivity index (χ3n) is 5.09. The van der Waals surface area contributed by atoms with E-state index < -0.39 is 29.9 Å². The van der Waals surface area contributed by atoms with Crippen LogP contribution in [0, 0.1) is 17.8 Å². The molecule has 0 aliphatic heterocycles. The molecule has 1 heterocycles. The molecule has 1 aromatic heterocycles. The van der Waals surface area contributed by atoms with Crippen molar-refractivity contribution in [2.45, 2.75) is 91.8 Å². The number of unbranched alkanes of at least 4 members (excludes halogenated alkanes) is 1. The third kappa shape index (κ3) is 11.8. The smallest absolute Gasteiger partial charge is 0.242 e. The molecule has 198 valence electrons. The molecule has 0 aliphatic rings. The van der Waals surface area contributed by atoms with E-state index in [0.717, 1.165) is 11.4 Å². The molecule has 0 fully saturated rings. The van der Waals surface area contributed by atoms with Gasteiger partial charge in [0.15, 0.2) is 0 Å². The Morgan fingerprint density at radius 3 is 1.86 bits per heavy atom. The van der Waals surface area contributed by atoms with E-state index >= 15 is 0 Å². The van der Waals surface area contributed by atoms with Crippen LogP contribution in [-0.2, 0) is 19.2 Å². The zero-order valence-electron chi connectivity index (χ0n) is 22.4. The summed E-state index contributed by atoms with van der Waals surface area (Å²) in [6, 6.07) is -2.42. The van der Waals surface area contributed by atoms with Gasteiger partial charge >= 0.3 is 0 Å². The average Bonchev–Trinajstić information content (AvgIpc) is 2.82. The van der Waals surface area contributed by atoms with Gasteiger partial charge in [-0.2, -0.15) is 0 Å². The number of rotatable bonds is 12. The minimum Gasteiger partial charge on any atom is -0.354 e. The minimum atomic E-state index is -0.869. The van der Waals surface area contributed by atoms with Gasteiger partial charge in [0.1, 0.15) is 23.9 Å². The summed E-state index contributed by atoms with van der Waals surface area (Å²) >= 11 is 0. The second kappa shape index (κ2) is 15.5. The summed E-state index contributed by atoms with van der Waals surface area (Å²) in [5, 5.41) is 10.5. The molecular weight excluding hydrogens is 460 g/mol. The lowest BCUT2D eigenvalue weighted by Crippen LogP contribution is -2.54. The van der Waals surface area contributed by atoms with Crippen LogP contribution in [0.3, 0.4) is 0 Å². The van der Waals surface area contributed by atoms with E-state index in [-0.39, 0.29) is 24.2 Å². The van der Waals surface area contributed by atoms with Gasteiger partial charge in [-0.25, -0.2) is 9.97 Å². The molecule has 0 saturated carbocycles. The fourth-order valence-electron chi connectivity index (χ4n) is 2.85. The van der Waals surface area contributed by atoms with Gasteiger partial charge in [0.25, 0.3) is 0 Å². The fraction of sp³-hybridized carbons (Fsp3) is 0.615. The first-order valence-corrected chi connectivity index (χ1v) is 12.4. The minimum absolute atomic E-state index is 0.216. The Kier molecular flexibility index (Phi) is 13.2. The van der Waals surface area contributed by atoms with Gasteiger partial charge in [0.2, 0.25) is 23.6 Å². The van der Waals surface area contributed by atoms with E-state index in [1.54, 1.807) is 26.2 Å². The largest absolute Gasteiger partial charge is 0.354 e. The number of nitrogens with one attached hydrogen (secondary N) is 4. The molecule has 1 rings (SSSR count). The number of amides is 4. The highest BCUT2D eigenvalue weighted by Gasteiger charge is 2.23. The second-order valence-corrected chi connectivity index (χ2v) is 9.53. The number of nitrogens with zero attached hydrogens (tertiary/aromatic N) is 2. The van der Waals surface area contributed by atoms with Gasteiger partial charge in [-0.05, 0) is 33.1 Å². The van der Waals surface area contributed by atoms with Crippen molar-refractivity contribution in [2.24, 2.45) is 5.92 Å². The predicted molar refractivity (Wildman–Crippen MR) is 138 cm³/mol. The standard InChI is InChI=1S/C26H40N6O4/c1-16(2)13-29-24(34)18(5)31-26(36)20(7)32-25(35)19(6)30-22(33)12-10-8-9-11-21-14-27-23(17(3)4)28-15-21/h14-20H,8,10,12-13H2,1-7H3,(H,29,34)(H,30,33)(H,31,36)(H,32,35)/t18-,19-,20-/m0/s1. The average molecular weight is 501 g/mol. The number of hydrogen-bond acceptors (Lipinski definition) is 6. The van der Waals surface area contributed by atoms with E-state index in [9.17, 15) is 19.2 Å². The molecule has 0 radical (unpaired) electrons. The Bertz CT molecular complexity index is 949. The van der Waals surface area contributed by atoms with E-state index in [1.807, 2.05) is 27.7 Å². The van der Waals surface area contributed by atoms with Crippen molar-refractivity contribution >= 4 is 23.6 Å². The lowest BCUT2D eigenvalue weighted by Gasteiger charge is -2.20. The highest BCUT2D eigenvalue weighted by atomic mass is 16.2. The second-order valence-electron chi connectivity index (χ2n) is 9.53. The molecule has 10 heteroatoms. The zero-order chi connectivity index (χ0) is 27.3. The van der Waals surface area contributed by atoms with Crippen LogP contribution in [0.15, 0.2) is 12.4 Å². The van der Waals surface area contributed by atoms with Gasteiger partial charge < -0.3 is 21.3 Å². The first-order valence-electron chi connectivity index (χ1n) is 12.4. The molecule has 0 aliphatic carbocycles. The van der Waals surface area contributed by atoms with Gasteiger partial charge in [-0.3, -0.25) is 19.2 Å². The lowest BCUT2D eigenvalue weighted by atomic mass is 10.2. The maximum atomic E-state index is 12.4. The molecule has 0 spiro atoms. The Hall–Kier alpha value is -3.48. The van der Waals surface area contributed by atoms with Crippen molar-refractivity contribution in [3.8, 4) is 11.8 Å². The molecule has 4 amide bonds. The van der Waals surface area contributed by atoms with Crippen molar-refractivity contribution in [2.75, 3.05) is 6.54 Å².